The third-order valence-corrected chi connectivity index (χ3v) is 9.83. The summed E-state index contributed by atoms with van der Waals surface area (Å²) in [6.07, 6.45) is 2.64. The molecular formula is C28H31N3O5S2. The monoisotopic (exact) mass is 553 g/mol. The summed E-state index contributed by atoms with van der Waals surface area (Å²) in [5, 5.41) is 8.94. The highest BCUT2D eigenvalue weighted by Gasteiger charge is 2.33. The van der Waals surface area contributed by atoms with Gasteiger partial charge >= 0.3 is 0 Å². The molecule has 200 valence electrons. The third-order valence-electron chi connectivity index (χ3n) is 6.78. The molecule has 1 aliphatic heterocycles. The molecule has 38 heavy (non-hydrogen) atoms. The Morgan fingerprint density at radius 1 is 0.921 bits per heavy atom. The number of hydrogen-bond donors (Lipinski definition) is 0. The van der Waals surface area contributed by atoms with Gasteiger partial charge in [0.15, 0.2) is 9.84 Å². The van der Waals surface area contributed by atoms with Crippen LogP contribution in [0.1, 0.15) is 18.4 Å². The van der Waals surface area contributed by atoms with E-state index in [1.807, 2.05) is 36.4 Å². The van der Waals surface area contributed by atoms with Gasteiger partial charge in [-0.15, -0.1) is 0 Å². The molecule has 3 aromatic carbocycles. The van der Waals surface area contributed by atoms with Crippen LogP contribution >= 0.6 is 0 Å². The number of nitriles is 1. The molecule has 1 unspecified atom stereocenters. The van der Waals surface area contributed by atoms with E-state index < -0.39 is 19.9 Å². The van der Waals surface area contributed by atoms with Crippen molar-refractivity contribution in [3.05, 3.63) is 78.4 Å². The first kappa shape index (κ1) is 27.8. The highest BCUT2D eigenvalue weighted by molar-refractivity contribution is 7.90. The normalized spacial score (nSPS) is 16.4. The summed E-state index contributed by atoms with van der Waals surface area (Å²) in [6, 6.07) is 22.6. The van der Waals surface area contributed by atoms with Crippen LogP contribution in [0.25, 0.3) is 11.1 Å². The lowest BCUT2D eigenvalue weighted by Gasteiger charge is -2.24. The van der Waals surface area contributed by atoms with E-state index in [0.717, 1.165) is 49.1 Å². The number of sulfonamides is 1. The molecule has 0 spiro atoms. The van der Waals surface area contributed by atoms with E-state index in [1.165, 1.54) is 28.6 Å². The van der Waals surface area contributed by atoms with Crippen molar-refractivity contribution in [3.63, 3.8) is 0 Å². The maximum absolute atomic E-state index is 13.1. The van der Waals surface area contributed by atoms with E-state index in [1.54, 1.807) is 19.2 Å². The fourth-order valence-electron chi connectivity index (χ4n) is 4.49. The fourth-order valence-corrected chi connectivity index (χ4v) is 6.50. The summed E-state index contributed by atoms with van der Waals surface area (Å²) in [7, 11) is -5.53. The summed E-state index contributed by atoms with van der Waals surface area (Å²) in [6.45, 7) is 2.79. The van der Waals surface area contributed by atoms with Gasteiger partial charge in [0.25, 0.3) is 0 Å². The van der Waals surface area contributed by atoms with E-state index in [0.29, 0.717) is 18.7 Å². The number of benzene rings is 3. The summed E-state index contributed by atoms with van der Waals surface area (Å²) < 4.78 is 56.8. The van der Waals surface area contributed by atoms with Crippen molar-refractivity contribution in [3.8, 4) is 22.9 Å². The Kier molecular flexibility index (Phi) is 8.53. The summed E-state index contributed by atoms with van der Waals surface area (Å²) >= 11 is 0. The minimum atomic E-state index is -3.72. The molecule has 1 heterocycles. The molecule has 1 atom stereocenters. The Bertz CT molecular complexity index is 1500. The van der Waals surface area contributed by atoms with Gasteiger partial charge < -0.3 is 9.64 Å². The maximum atomic E-state index is 13.1. The van der Waals surface area contributed by atoms with Crippen molar-refractivity contribution in [2.45, 2.75) is 28.7 Å². The van der Waals surface area contributed by atoms with Crippen LogP contribution in [0.4, 0.5) is 0 Å². The Hall–Kier alpha value is -3.23. The van der Waals surface area contributed by atoms with Gasteiger partial charge in [-0.05, 0) is 79.0 Å². The number of sulfone groups is 1. The largest absolute Gasteiger partial charge is 0.494 e. The van der Waals surface area contributed by atoms with Crippen LogP contribution in [-0.4, -0.2) is 71.6 Å². The van der Waals surface area contributed by atoms with Crippen LogP contribution in [0.15, 0.2) is 82.6 Å². The first-order valence-electron chi connectivity index (χ1n) is 12.3. The number of hydrogen-bond acceptors (Lipinski definition) is 7. The molecule has 1 fully saturated rings. The van der Waals surface area contributed by atoms with Gasteiger partial charge in [0.2, 0.25) is 10.0 Å². The summed E-state index contributed by atoms with van der Waals surface area (Å²) in [5.41, 5.74) is 2.72. The Morgan fingerprint density at radius 3 is 2.08 bits per heavy atom. The van der Waals surface area contributed by atoms with Gasteiger partial charge in [-0.1, -0.05) is 24.3 Å². The number of likely N-dealkylation sites (N-methyl/N-ethyl adjacent to an activating group) is 1. The van der Waals surface area contributed by atoms with E-state index in [2.05, 4.69) is 11.0 Å². The zero-order chi connectivity index (χ0) is 27.3. The van der Waals surface area contributed by atoms with Crippen LogP contribution in [0, 0.1) is 11.3 Å². The lowest BCUT2D eigenvalue weighted by molar-refractivity contribution is 0.254. The zero-order valence-electron chi connectivity index (χ0n) is 21.4. The highest BCUT2D eigenvalue weighted by Crippen LogP contribution is 2.25. The maximum Gasteiger partial charge on any atom is 0.243 e. The lowest BCUT2D eigenvalue weighted by Crippen LogP contribution is -2.39. The van der Waals surface area contributed by atoms with Crippen molar-refractivity contribution in [1.82, 2.24) is 9.21 Å². The van der Waals surface area contributed by atoms with E-state index in [-0.39, 0.29) is 15.8 Å². The molecule has 10 heteroatoms. The molecule has 3 aromatic rings. The molecule has 4 rings (SSSR count). The number of rotatable bonds is 10. The predicted molar refractivity (Wildman–Crippen MR) is 146 cm³/mol. The van der Waals surface area contributed by atoms with Crippen LogP contribution in [-0.2, 0) is 19.9 Å². The van der Waals surface area contributed by atoms with Crippen molar-refractivity contribution in [2.75, 3.05) is 39.5 Å². The smallest absolute Gasteiger partial charge is 0.243 e. The minimum absolute atomic E-state index is 0.0875. The molecule has 0 amide bonds. The van der Waals surface area contributed by atoms with Crippen LogP contribution in [0.5, 0.6) is 5.75 Å². The van der Waals surface area contributed by atoms with Gasteiger partial charge in [0.1, 0.15) is 5.75 Å². The first-order chi connectivity index (χ1) is 18.1. The second-order valence-corrected chi connectivity index (χ2v) is 13.4. The van der Waals surface area contributed by atoms with E-state index >= 15 is 0 Å². The molecule has 8 nitrogen and oxygen atoms in total. The molecule has 0 radical (unpaired) electrons. The summed E-state index contributed by atoms with van der Waals surface area (Å²) in [4.78, 5) is 2.42. The minimum Gasteiger partial charge on any atom is -0.494 e. The van der Waals surface area contributed by atoms with Gasteiger partial charge in [0.05, 0.1) is 28.0 Å². The molecule has 0 N–H and O–H groups in total. The number of nitrogens with zero attached hydrogens (tertiary/aromatic N) is 3. The topological polar surface area (TPSA) is 108 Å². The standard InChI is InChI=1S/C28H31N3O5S2/c1-30(38(34,35)28-14-12-27(13-15-28)37(2,32)33)25-16-18-31(21-25)17-3-19-36-26-10-8-24(9-11-26)23-6-4-22(20-29)5-7-23/h4-15,25H,3,16-19,21H2,1-2H3. The van der Waals surface area contributed by atoms with Crippen LogP contribution in [0.2, 0.25) is 0 Å². The van der Waals surface area contributed by atoms with E-state index in [9.17, 15) is 16.8 Å². The second kappa shape index (κ2) is 11.7. The molecule has 0 aromatic heterocycles. The molecule has 1 aliphatic rings. The Balaban J connectivity index is 1.23. The average molecular weight is 554 g/mol. The van der Waals surface area contributed by atoms with Gasteiger partial charge in [-0.3, -0.25) is 0 Å². The fraction of sp³-hybridized carbons (Fsp3) is 0.321. The zero-order valence-corrected chi connectivity index (χ0v) is 23.1. The predicted octanol–water partition coefficient (Wildman–Crippen LogP) is 3.79. The van der Waals surface area contributed by atoms with Gasteiger partial charge in [-0.2, -0.15) is 9.57 Å². The van der Waals surface area contributed by atoms with Gasteiger partial charge in [0, 0.05) is 32.4 Å². The number of ether oxygens (including phenoxy) is 1. The quantitative estimate of drug-likeness (QED) is 0.352. The second-order valence-electron chi connectivity index (χ2n) is 9.42. The van der Waals surface area contributed by atoms with Crippen molar-refractivity contribution in [2.24, 2.45) is 0 Å². The number of likely N-dealkylation sites (tertiary alicyclic amines) is 1. The third kappa shape index (κ3) is 6.60. The Morgan fingerprint density at radius 2 is 1.50 bits per heavy atom. The van der Waals surface area contributed by atoms with Crippen molar-refractivity contribution < 1.29 is 21.6 Å². The SMILES string of the molecule is CN(C1CCN(CCCOc2ccc(-c3ccc(C#N)cc3)cc2)C1)S(=O)(=O)c1ccc(S(C)(=O)=O)cc1. The van der Waals surface area contributed by atoms with Crippen LogP contribution < -0.4 is 4.74 Å². The summed E-state index contributed by atoms with van der Waals surface area (Å²) in [5.74, 6) is 0.786. The molecule has 1 saturated heterocycles. The van der Waals surface area contributed by atoms with Gasteiger partial charge in [-0.25, -0.2) is 16.8 Å². The van der Waals surface area contributed by atoms with Crippen molar-refractivity contribution >= 4 is 19.9 Å². The molecule has 0 saturated carbocycles. The van der Waals surface area contributed by atoms with E-state index in [4.69, 9.17) is 10.00 Å². The van der Waals surface area contributed by atoms with Crippen LogP contribution in [0.3, 0.4) is 0 Å². The highest BCUT2D eigenvalue weighted by atomic mass is 32.2. The molecule has 0 bridgehead atoms. The van der Waals surface area contributed by atoms with Crippen molar-refractivity contribution in [1.29, 1.82) is 5.26 Å². The Labute approximate surface area is 225 Å². The lowest BCUT2D eigenvalue weighted by atomic mass is 10.0. The average Bonchev–Trinajstić information content (AvgIpc) is 3.39. The first-order valence-corrected chi connectivity index (χ1v) is 15.6. The molecular weight excluding hydrogens is 522 g/mol. The molecule has 0 aliphatic carbocycles.